The van der Waals surface area contributed by atoms with E-state index in [1.807, 2.05) is 17.9 Å². The van der Waals surface area contributed by atoms with E-state index < -0.39 is 0 Å². The molecule has 1 aliphatic heterocycles. The third-order valence-corrected chi connectivity index (χ3v) is 3.89. The minimum Gasteiger partial charge on any atom is -0.351 e. The van der Waals surface area contributed by atoms with Crippen LogP contribution in [0.15, 0.2) is 40.9 Å². The monoisotopic (exact) mass is 270 g/mol. The van der Waals surface area contributed by atoms with E-state index in [4.69, 9.17) is 4.52 Å². The molecule has 2 heterocycles. The summed E-state index contributed by atoms with van der Waals surface area (Å²) in [7, 11) is 0. The molecule has 0 radical (unpaired) electrons. The Hall–Kier alpha value is -2.10. The predicted octanol–water partition coefficient (Wildman–Crippen LogP) is 3.00. The Morgan fingerprint density at radius 1 is 1.25 bits per heavy atom. The summed E-state index contributed by atoms with van der Waals surface area (Å²) in [6.07, 6.45) is 2.01. The number of rotatable bonds is 2. The number of aryl methyl sites for hydroxylation is 1. The van der Waals surface area contributed by atoms with E-state index in [9.17, 15) is 4.79 Å². The molecule has 0 aliphatic carbocycles. The van der Waals surface area contributed by atoms with Gasteiger partial charge in [-0.3, -0.25) is 4.79 Å². The quantitative estimate of drug-likeness (QED) is 0.842. The van der Waals surface area contributed by atoms with Crippen molar-refractivity contribution in [3.63, 3.8) is 0 Å². The molecule has 1 aromatic heterocycles. The van der Waals surface area contributed by atoms with Crippen molar-refractivity contribution in [2.24, 2.45) is 0 Å². The topological polar surface area (TPSA) is 46.3 Å². The number of piperidine rings is 1. The first-order chi connectivity index (χ1) is 9.74. The zero-order valence-electron chi connectivity index (χ0n) is 11.6. The van der Waals surface area contributed by atoms with E-state index >= 15 is 0 Å². The van der Waals surface area contributed by atoms with Gasteiger partial charge in [-0.2, -0.15) is 0 Å². The maximum Gasteiger partial charge on any atom is 0.292 e. The molecule has 0 N–H and O–H groups in total. The lowest BCUT2D eigenvalue weighted by molar-refractivity contribution is 0.0671. The number of amides is 1. The molecule has 2 aromatic rings. The van der Waals surface area contributed by atoms with Gasteiger partial charge in [0.25, 0.3) is 5.91 Å². The molecule has 0 bridgehead atoms. The molecular weight excluding hydrogens is 252 g/mol. The van der Waals surface area contributed by atoms with Gasteiger partial charge in [0.1, 0.15) is 0 Å². The summed E-state index contributed by atoms with van der Waals surface area (Å²) in [4.78, 5) is 14.1. The number of benzene rings is 1. The van der Waals surface area contributed by atoms with Gasteiger partial charge in [-0.25, -0.2) is 0 Å². The third-order valence-electron chi connectivity index (χ3n) is 3.89. The lowest BCUT2D eigenvalue weighted by Gasteiger charge is -2.31. The molecule has 3 rings (SSSR count). The van der Waals surface area contributed by atoms with Crippen LogP contribution in [0.1, 0.15) is 40.6 Å². The highest BCUT2D eigenvalue weighted by atomic mass is 16.5. The fraction of sp³-hybridized carbons (Fsp3) is 0.375. The second-order valence-electron chi connectivity index (χ2n) is 5.31. The van der Waals surface area contributed by atoms with Gasteiger partial charge in [0, 0.05) is 19.2 Å². The van der Waals surface area contributed by atoms with Crippen LogP contribution in [0.25, 0.3) is 0 Å². The van der Waals surface area contributed by atoms with Crippen LogP contribution in [0.3, 0.4) is 0 Å². The molecule has 1 saturated heterocycles. The number of likely N-dealkylation sites (tertiary alicyclic amines) is 1. The van der Waals surface area contributed by atoms with Gasteiger partial charge in [-0.05, 0) is 31.2 Å². The van der Waals surface area contributed by atoms with E-state index in [0.717, 1.165) is 31.6 Å². The SMILES string of the molecule is Cc1cc(C(=O)N2CCC(c3ccccc3)CC2)on1. The number of carbonyl (C=O) groups excluding carboxylic acids is 1. The molecule has 0 spiro atoms. The van der Waals surface area contributed by atoms with Crippen molar-refractivity contribution in [2.45, 2.75) is 25.7 Å². The van der Waals surface area contributed by atoms with Crippen molar-refractivity contribution >= 4 is 5.91 Å². The third kappa shape index (κ3) is 2.59. The highest BCUT2D eigenvalue weighted by molar-refractivity contribution is 5.91. The standard InChI is InChI=1S/C16H18N2O2/c1-12-11-15(20-17-12)16(19)18-9-7-14(8-10-18)13-5-3-2-4-6-13/h2-6,11,14H,7-10H2,1H3. The molecule has 1 aliphatic rings. The number of aromatic nitrogens is 1. The number of nitrogens with zero attached hydrogens (tertiary/aromatic N) is 2. The van der Waals surface area contributed by atoms with Crippen molar-refractivity contribution in [3.8, 4) is 0 Å². The summed E-state index contributed by atoms with van der Waals surface area (Å²) < 4.78 is 5.05. The fourth-order valence-corrected chi connectivity index (χ4v) is 2.76. The second-order valence-corrected chi connectivity index (χ2v) is 5.31. The van der Waals surface area contributed by atoms with Crippen molar-refractivity contribution < 1.29 is 9.32 Å². The van der Waals surface area contributed by atoms with Crippen molar-refractivity contribution in [1.82, 2.24) is 10.1 Å². The van der Waals surface area contributed by atoms with Crippen LogP contribution in [-0.2, 0) is 0 Å². The van der Waals surface area contributed by atoms with Gasteiger partial charge in [-0.1, -0.05) is 35.5 Å². The summed E-state index contributed by atoms with van der Waals surface area (Å²) >= 11 is 0. The molecule has 1 fully saturated rings. The summed E-state index contributed by atoms with van der Waals surface area (Å²) in [5.41, 5.74) is 2.11. The Morgan fingerprint density at radius 2 is 1.95 bits per heavy atom. The Labute approximate surface area is 118 Å². The van der Waals surface area contributed by atoms with Crippen LogP contribution in [0.5, 0.6) is 0 Å². The fourth-order valence-electron chi connectivity index (χ4n) is 2.76. The van der Waals surface area contributed by atoms with Crippen molar-refractivity contribution in [3.05, 3.63) is 53.4 Å². The molecule has 0 unspecified atom stereocenters. The summed E-state index contributed by atoms with van der Waals surface area (Å²) in [5, 5.41) is 3.77. The van der Waals surface area contributed by atoms with Gasteiger partial charge in [0.2, 0.25) is 5.76 Å². The van der Waals surface area contributed by atoms with E-state index in [1.165, 1.54) is 5.56 Å². The average molecular weight is 270 g/mol. The highest BCUT2D eigenvalue weighted by Crippen LogP contribution is 2.28. The number of carbonyl (C=O) groups is 1. The number of hydrogen-bond donors (Lipinski definition) is 0. The predicted molar refractivity (Wildman–Crippen MR) is 75.6 cm³/mol. The molecule has 0 atom stereocenters. The second kappa shape index (κ2) is 5.49. The van der Waals surface area contributed by atoms with Gasteiger partial charge in [-0.15, -0.1) is 0 Å². The first-order valence-electron chi connectivity index (χ1n) is 7.01. The van der Waals surface area contributed by atoms with Crippen molar-refractivity contribution in [1.29, 1.82) is 0 Å². The molecule has 4 heteroatoms. The summed E-state index contributed by atoms with van der Waals surface area (Å²) in [5.74, 6) is 0.856. The van der Waals surface area contributed by atoms with E-state index in [-0.39, 0.29) is 5.91 Å². The zero-order valence-corrected chi connectivity index (χ0v) is 11.6. The molecule has 4 nitrogen and oxygen atoms in total. The van der Waals surface area contributed by atoms with Gasteiger partial charge in [0.05, 0.1) is 5.69 Å². The molecule has 1 amide bonds. The Bertz CT molecular complexity index is 584. The first kappa shape index (κ1) is 12.9. The van der Waals surface area contributed by atoms with E-state index in [2.05, 4.69) is 29.4 Å². The van der Waals surface area contributed by atoms with Crippen LogP contribution in [0.4, 0.5) is 0 Å². The lowest BCUT2D eigenvalue weighted by Crippen LogP contribution is -2.37. The van der Waals surface area contributed by atoms with Crippen LogP contribution in [-0.4, -0.2) is 29.1 Å². The Morgan fingerprint density at radius 3 is 2.55 bits per heavy atom. The number of hydrogen-bond acceptors (Lipinski definition) is 3. The highest BCUT2D eigenvalue weighted by Gasteiger charge is 2.26. The van der Waals surface area contributed by atoms with Crippen LogP contribution in [0.2, 0.25) is 0 Å². The molecule has 104 valence electrons. The van der Waals surface area contributed by atoms with Gasteiger partial charge < -0.3 is 9.42 Å². The molecule has 1 aromatic carbocycles. The van der Waals surface area contributed by atoms with Crippen LogP contribution >= 0.6 is 0 Å². The minimum atomic E-state index is -0.0443. The molecule has 20 heavy (non-hydrogen) atoms. The maximum absolute atomic E-state index is 12.2. The van der Waals surface area contributed by atoms with Crippen molar-refractivity contribution in [2.75, 3.05) is 13.1 Å². The summed E-state index contributed by atoms with van der Waals surface area (Å²) in [6.45, 7) is 3.37. The maximum atomic E-state index is 12.2. The molecular formula is C16H18N2O2. The average Bonchev–Trinajstić information content (AvgIpc) is 2.94. The van der Waals surface area contributed by atoms with E-state index in [1.54, 1.807) is 6.07 Å². The first-order valence-corrected chi connectivity index (χ1v) is 7.01. The smallest absolute Gasteiger partial charge is 0.292 e. The Kier molecular flexibility index (Phi) is 3.54. The lowest BCUT2D eigenvalue weighted by atomic mass is 9.89. The normalized spacial score (nSPS) is 16.4. The Balaban J connectivity index is 1.63. The minimum absolute atomic E-state index is 0.0443. The van der Waals surface area contributed by atoms with E-state index in [0.29, 0.717) is 11.7 Å². The van der Waals surface area contributed by atoms with Gasteiger partial charge >= 0.3 is 0 Å². The zero-order chi connectivity index (χ0) is 13.9. The molecule has 0 saturated carbocycles. The van der Waals surface area contributed by atoms with Crippen LogP contribution in [0, 0.1) is 6.92 Å². The summed E-state index contributed by atoms with van der Waals surface area (Å²) in [6, 6.07) is 12.2. The largest absolute Gasteiger partial charge is 0.351 e. The van der Waals surface area contributed by atoms with Gasteiger partial charge in [0.15, 0.2) is 0 Å². The van der Waals surface area contributed by atoms with Crippen LogP contribution < -0.4 is 0 Å².